The molecule has 0 bridgehead atoms. The molecule has 0 aliphatic heterocycles. The van der Waals surface area contributed by atoms with Crippen LogP contribution in [0.1, 0.15) is 27.7 Å². The molecule has 146 valence electrons. The van der Waals surface area contributed by atoms with E-state index in [1.54, 1.807) is 0 Å². The van der Waals surface area contributed by atoms with E-state index in [1.807, 2.05) is 0 Å². The Labute approximate surface area is 129 Å². The molecule has 0 nitrogen and oxygen atoms in total. The van der Waals surface area contributed by atoms with Gasteiger partial charge in [0.25, 0.3) is 0 Å². The Balaban J connectivity index is 6.96. The zero-order valence-electron chi connectivity index (χ0n) is 12.7. The molecule has 0 aromatic carbocycles. The Hall–Kier alpha value is -0.840. The molecule has 0 saturated carbocycles. The molecule has 0 amide bonds. The predicted molar refractivity (Wildman–Crippen MR) is 58.8 cm³/mol. The minimum Gasteiger partial charge on any atom is -0.170 e. The van der Waals surface area contributed by atoms with Gasteiger partial charge >= 0.3 is 24.7 Å². The van der Waals surface area contributed by atoms with Gasteiger partial charge in [0.15, 0.2) is 11.8 Å². The highest BCUT2D eigenvalue weighted by Gasteiger charge is 2.77. The van der Waals surface area contributed by atoms with Gasteiger partial charge in [0.2, 0.25) is 0 Å². The molecule has 0 aliphatic rings. The Morgan fingerprint density at radius 3 is 0.667 bits per heavy atom. The maximum Gasteiger partial charge on any atom is 0.401 e. The minimum atomic E-state index is -6.37. The van der Waals surface area contributed by atoms with Crippen molar-refractivity contribution in [2.45, 2.75) is 52.4 Å². The van der Waals surface area contributed by atoms with Crippen molar-refractivity contribution in [1.82, 2.24) is 0 Å². The van der Waals surface area contributed by atoms with Crippen molar-refractivity contribution in [3.05, 3.63) is 0 Å². The van der Waals surface area contributed by atoms with Crippen molar-refractivity contribution in [2.24, 2.45) is 22.7 Å². The van der Waals surface area contributed by atoms with Crippen LogP contribution >= 0.6 is 0 Å². The average Bonchev–Trinajstić information content (AvgIpc) is 2.02. The fourth-order valence-corrected chi connectivity index (χ4v) is 2.76. The fourth-order valence-electron chi connectivity index (χ4n) is 2.76. The molecule has 0 fully saturated rings. The lowest BCUT2D eigenvalue weighted by Gasteiger charge is -2.53. The molecule has 0 heterocycles. The van der Waals surface area contributed by atoms with Crippen LogP contribution in [0.2, 0.25) is 0 Å². The highest BCUT2D eigenvalue weighted by Crippen LogP contribution is 2.65. The summed E-state index contributed by atoms with van der Waals surface area (Å²) in [7, 11) is 0. The van der Waals surface area contributed by atoms with Crippen LogP contribution < -0.4 is 0 Å². The Kier molecular flexibility index (Phi) is 5.65. The molecule has 24 heavy (non-hydrogen) atoms. The highest BCUT2D eigenvalue weighted by atomic mass is 19.4. The second kappa shape index (κ2) is 5.86. The van der Waals surface area contributed by atoms with Gasteiger partial charge in [0, 0.05) is 5.41 Å². The standard InChI is InChI=1S/C12H14F12/c1-7(2,3)8(4,5(9(13,14)15)10(16,17)18)6(11(19,20)21)12(22,23)24/h5-6H,1-4H3. The average molecular weight is 386 g/mol. The Morgan fingerprint density at radius 1 is 0.417 bits per heavy atom. The van der Waals surface area contributed by atoms with Crippen LogP contribution in [0.5, 0.6) is 0 Å². The fraction of sp³-hybridized carbons (Fsp3) is 1.00. The van der Waals surface area contributed by atoms with E-state index >= 15 is 0 Å². The third-order valence-corrected chi connectivity index (χ3v) is 4.12. The molecule has 0 aromatic heterocycles. The van der Waals surface area contributed by atoms with E-state index in [1.165, 1.54) is 0 Å². The molecular weight excluding hydrogens is 372 g/mol. The first-order chi connectivity index (χ1) is 9.98. The largest absolute Gasteiger partial charge is 0.401 e. The normalized spacial score (nSPS) is 16.2. The van der Waals surface area contributed by atoms with Gasteiger partial charge in [-0.05, 0) is 5.41 Å². The molecule has 12 heteroatoms. The SMILES string of the molecule is CC(C)(C)C(C)(C(C(F)(F)F)C(F)(F)F)C(C(F)(F)F)C(F)(F)F. The molecule has 0 unspecified atom stereocenters. The van der Waals surface area contributed by atoms with Gasteiger partial charge in [0.05, 0.1) is 0 Å². The van der Waals surface area contributed by atoms with Crippen molar-refractivity contribution in [3.63, 3.8) is 0 Å². The van der Waals surface area contributed by atoms with Crippen LogP contribution in [-0.2, 0) is 0 Å². The van der Waals surface area contributed by atoms with Crippen LogP contribution in [-0.4, -0.2) is 24.7 Å². The lowest BCUT2D eigenvalue weighted by atomic mass is 9.53. The number of hydrogen-bond donors (Lipinski definition) is 0. The van der Waals surface area contributed by atoms with Crippen molar-refractivity contribution in [3.8, 4) is 0 Å². The van der Waals surface area contributed by atoms with Crippen molar-refractivity contribution < 1.29 is 52.7 Å². The van der Waals surface area contributed by atoms with Crippen LogP contribution in [0.25, 0.3) is 0 Å². The van der Waals surface area contributed by atoms with E-state index in [-0.39, 0.29) is 6.92 Å². The Bertz CT molecular complexity index is 367. The summed E-state index contributed by atoms with van der Waals surface area (Å²) in [4.78, 5) is 0. The molecule has 0 rings (SSSR count). The topological polar surface area (TPSA) is 0 Å². The van der Waals surface area contributed by atoms with Crippen molar-refractivity contribution >= 4 is 0 Å². The Morgan fingerprint density at radius 2 is 0.583 bits per heavy atom. The van der Waals surface area contributed by atoms with E-state index in [4.69, 9.17) is 0 Å². The number of hydrogen-bond acceptors (Lipinski definition) is 0. The second-order valence-electron chi connectivity index (χ2n) is 6.57. The van der Waals surface area contributed by atoms with Gasteiger partial charge in [-0.3, -0.25) is 0 Å². The summed E-state index contributed by atoms with van der Waals surface area (Å²) in [5.41, 5.74) is -6.95. The first-order valence-electron chi connectivity index (χ1n) is 6.25. The maximum absolute atomic E-state index is 12.9. The summed E-state index contributed by atoms with van der Waals surface area (Å²) in [6.07, 6.45) is -25.5. The summed E-state index contributed by atoms with van der Waals surface area (Å²) in [6, 6.07) is 0. The summed E-state index contributed by atoms with van der Waals surface area (Å²) in [5.74, 6) is -9.66. The molecule has 0 saturated heterocycles. The third kappa shape index (κ3) is 4.41. The van der Waals surface area contributed by atoms with Gasteiger partial charge in [-0.1, -0.05) is 27.7 Å². The van der Waals surface area contributed by atoms with E-state index in [9.17, 15) is 52.7 Å². The van der Waals surface area contributed by atoms with Gasteiger partial charge in [-0.2, -0.15) is 52.7 Å². The van der Waals surface area contributed by atoms with E-state index < -0.39 is 47.4 Å². The lowest BCUT2D eigenvalue weighted by molar-refractivity contribution is -0.388. The van der Waals surface area contributed by atoms with Gasteiger partial charge in [-0.15, -0.1) is 0 Å². The molecular formula is C12H14F12. The first kappa shape index (κ1) is 23.2. The van der Waals surface area contributed by atoms with E-state index in [2.05, 4.69) is 0 Å². The number of halogens is 12. The second-order valence-corrected chi connectivity index (χ2v) is 6.57. The third-order valence-electron chi connectivity index (χ3n) is 4.12. The summed E-state index contributed by atoms with van der Waals surface area (Å²) in [5, 5.41) is 0. The summed E-state index contributed by atoms with van der Waals surface area (Å²) >= 11 is 0. The van der Waals surface area contributed by atoms with Crippen molar-refractivity contribution in [1.29, 1.82) is 0 Å². The van der Waals surface area contributed by atoms with Crippen LogP contribution in [0, 0.1) is 22.7 Å². The zero-order chi connectivity index (χ0) is 20.2. The van der Waals surface area contributed by atoms with Crippen molar-refractivity contribution in [2.75, 3.05) is 0 Å². The summed E-state index contributed by atoms with van der Waals surface area (Å²) < 4.78 is 155. The van der Waals surface area contributed by atoms with Gasteiger partial charge in [0.1, 0.15) is 0 Å². The number of rotatable bonds is 2. The molecule has 0 atom stereocenters. The number of alkyl halides is 12. The molecule has 0 radical (unpaired) electrons. The van der Waals surface area contributed by atoms with E-state index in [0.29, 0.717) is 20.8 Å². The zero-order valence-corrected chi connectivity index (χ0v) is 12.7. The van der Waals surface area contributed by atoms with Crippen LogP contribution in [0.3, 0.4) is 0 Å². The monoisotopic (exact) mass is 386 g/mol. The minimum absolute atomic E-state index is 0.274. The van der Waals surface area contributed by atoms with Gasteiger partial charge in [-0.25, -0.2) is 0 Å². The quantitative estimate of drug-likeness (QED) is 0.474. The van der Waals surface area contributed by atoms with Crippen LogP contribution in [0.15, 0.2) is 0 Å². The van der Waals surface area contributed by atoms with Gasteiger partial charge < -0.3 is 0 Å². The summed E-state index contributed by atoms with van der Waals surface area (Å²) in [6.45, 7) is 1.15. The predicted octanol–water partition coefficient (Wildman–Crippen LogP) is 6.52. The first-order valence-corrected chi connectivity index (χ1v) is 6.25. The molecule has 0 spiro atoms. The molecule has 0 aliphatic carbocycles. The molecule has 0 N–H and O–H groups in total. The highest BCUT2D eigenvalue weighted by molar-refractivity contribution is 5.05. The van der Waals surface area contributed by atoms with E-state index in [0.717, 1.165) is 0 Å². The lowest BCUT2D eigenvalue weighted by Crippen LogP contribution is -2.63. The van der Waals surface area contributed by atoms with Crippen LogP contribution in [0.4, 0.5) is 52.7 Å². The molecule has 0 aromatic rings. The maximum atomic E-state index is 12.9. The smallest absolute Gasteiger partial charge is 0.170 e.